The highest BCUT2D eigenvalue weighted by Crippen LogP contribution is 2.26. The number of benzene rings is 1. The number of hydrogen-bond acceptors (Lipinski definition) is 4. The predicted molar refractivity (Wildman–Crippen MR) is 91.9 cm³/mol. The van der Waals surface area contributed by atoms with Gasteiger partial charge in [0.15, 0.2) is 0 Å². The average Bonchev–Trinajstić information content (AvgIpc) is 2.64. The van der Waals surface area contributed by atoms with Crippen LogP contribution < -0.4 is 5.32 Å². The van der Waals surface area contributed by atoms with E-state index in [0.29, 0.717) is 5.56 Å². The van der Waals surface area contributed by atoms with E-state index in [1.54, 1.807) is 0 Å². The molecule has 0 atom stereocenters. The van der Waals surface area contributed by atoms with Gasteiger partial charge < -0.3 is 14.8 Å². The van der Waals surface area contributed by atoms with Crippen LogP contribution in [-0.4, -0.2) is 48.9 Å². The van der Waals surface area contributed by atoms with Gasteiger partial charge in [0.05, 0.1) is 18.8 Å². The number of hydrogen-bond donors (Lipinski definition) is 1. The second-order valence-electron chi connectivity index (χ2n) is 6.87. The summed E-state index contributed by atoms with van der Waals surface area (Å²) in [4.78, 5) is 26.3. The highest BCUT2D eigenvalue weighted by molar-refractivity contribution is 5.96. The summed E-state index contributed by atoms with van der Waals surface area (Å²) in [6.07, 6.45) is 5.56. The molecule has 3 rings (SSSR count). The van der Waals surface area contributed by atoms with E-state index < -0.39 is 5.54 Å². The third kappa shape index (κ3) is 4.22. The van der Waals surface area contributed by atoms with Crippen molar-refractivity contribution >= 4 is 12.2 Å². The Morgan fingerprint density at radius 2 is 1.79 bits per heavy atom. The van der Waals surface area contributed by atoms with Gasteiger partial charge in [0.2, 0.25) is 0 Å². The molecule has 1 aromatic rings. The van der Waals surface area contributed by atoms with Crippen LogP contribution in [0.3, 0.4) is 0 Å². The Balaban J connectivity index is 1.59. The van der Waals surface area contributed by atoms with Gasteiger partial charge in [0.1, 0.15) is 6.29 Å². The minimum atomic E-state index is -0.665. The van der Waals surface area contributed by atoms with E-state index in [1.165, 1.54) is 5.56 Å². The largest absolute Gasteiger partial charge is 0.379 e. The van der Waals surface area contributed by atoms with E-state index >= 15 is 0 Å². The Kier molecular flexibility index (Phi) is 5.63. The van der Waals surface area contributed by atoms with Crippen LogP contribution in [-0.2, 0) is 16.1 Å². The Morgan fingerprint density at radius 3 is 2.42 bits per heavy atom. The SMILES string of the molecule is O=CC1(NC(=O)c2ccc(CN3CCOCC3)cc2)CCCCC1. The molecule has 24 heavy (non-hydrogen) atoms. The molecule has 0 radical (unpaired) electrons. The van der Waals surface area contributed by atoms with E-state index in [0.717, 1.165) is 71.2 Å². The van der Waals surface area contributed by atoms with Crippen molar-refractivity contribution in [1.82, 2.24) is 10.2 Å². The second-order valence-corrected chi connectivity index (χ2v) is 6.87. The molecule has 0 bridgehead atoms. The molecule has 0 unspecified atom stereocenters. The molecule has 5 nitrogen and oxygen atoms in total. The van der Waals surface area contributed by atoms with E-state index in [9.17, 15) is 9.59 Å². The lowest BCUT2D eigenvalue weighted by Gasteiger charge is -2.33. The smallest absolute Gasteiger partial charge is 0.252 e. The number of carbonyl (C=O) groups is 2. The van der Waals surface area contributed by atoms with Crippen LogP contribution in [0.15, 0.2) is 24.3 Å². The minimum Gasteiger partial charge on any atom is -0.379 e. The zero-order valence-corrected chi connectivity index (χ0v) is 14.1. The van der Waals surface area contributed by atoms with Crippen molar-refractivity contribution < 1.29 is 14.3 Å². The summed E-state index contributed by atoms with van der Waals surface area (Å²) in [6.45, 7) is 4.35. The standard InChI is InChI=1S/C19H26N2O3/c22-15-19(8-2-1-3-9-19)20-18(23)17-6-4-16(5-7-17)14-21-10-12-24-13-11-21/h4-7,15H,1-3,8-14H2,(H,20,23). The van der Waals surface area contributed by atoms with Crippen molar-refractivity contribution in [2.45, 2.75) is 44.2 Å². The minimum absolute atomic E-state index is 0.151. The zero-order chi connectivity index (χ0) is 16.8. The average molecular weight is 330 g/mol. The van der Waals surface area contributed by atoms with Gasteiger partial charge in [-0.15, -0.1) is 0 Å². The molecule has 1 saturated heterocycles. The van der Waals surface area contributed by atoms with Gasteiger partial charge in [-0.1, -0.05) is 31.4 Å². The van der Waals surface area contributed by atoms with Crippen molar-refractivity contribution in [1.29, 1.82) is 0 Å². The number of carbonyl (C=O) groups excluding carboxylic acids is 2. The maximum absolute atomic E-state index is 12.5. The summed E-state index contributed by atoms with van der Waals surface area (Å²) in [7, 11) is 0. The summed E-state index contributed by atoms with van der Waals surface area (Å²) >= 11 is 0. The molecule has 5 heteroatoms. The summed E-state index contributed by atoms with van der Waals surface area (Å²) in [5, 5.41) is 2.97. The Bertz CT molecular complexity index is 558. The van der Waals surface area contributed by atoms with Gasteiger partial charge in [0.25, 0.3) is 5.91 Å². The topological polar surface area (TPSA) is 58.6 Å². The third-order valence-electron chi connectivity index (χ3n) is 5.06. The second kappa shape index (κ2) is 7.90. The Labute approximate surface area is 143 Å². The van der Waals surface area contributed by atoms with E-state index in [2.05, 4.69) is 10.2 Å². The molecule has 1 N–H and O–H groups in total. The van der Waals surface area contributed by atoms with Crippen LogP contribution >= 0.6 is 0 Å². The van der Waals surface area contributed by atoms with Gasteiger partial charge in [-0.25, -0.2) is 0 Å². The van der Waals surface area contributed by atoms with Gasteiger partial charge in [-0.05, 0) is 30.5 Å². The molecule has 1 aliphatic heterocycles. The molecule has 2 aliphatic rings. The van der Waals surface area contributed by atoms with Crippen LogP contribution in [0.4, 0.5) is 0 Å². The fourth-order valence-electron chi connectivity index (χ4n) is 3.53. The number of morpholine rings is 1. The number of rotatable bonds is 5. The lowest BCUT2D eigenvalue weighted by molar-refractivity contribution is -0.114. The van der Waals surface area contributed by atoms with E-state index in [4.69, 9.17) is 4.74 Å². The van der Waals surface area contributed by atoms with Crippen molar-refractivity contribution in [2.75, 3.05) is 26.3 Å². The number of aldehydes is 1. The van der Waals surface area contributed by atoms with E-state index in [-0.39, 0.29) is 5.91 Å². The van der Waals surface area contributed by atoms with Crippen molar-refractivity contribution in [2.24, 2.45) is 0 Å². The molecule has 1 aromatic carbocycles. The zero-order valence-electron chi connectivity index (χ0n) is 14.1. The highest BCUT2D eigenvalue weighted by atomic mass is 16.5. The molecule has 0 aromatic heterocycles. The lowest BCUT2D eigenvalue weighted by atomic mass is 9.82. The van der Waals surface area contributed by atoms with Gasteiger partial charge in [-0.2, -0.15) is 0 Å². The maximum atomic E-state index is 12.5. The molecule has 0 spiro atoms. The maximum Gasteiger partial charge on any atom is 0.252 e. The number of amides is 1. The van der Waals surface area contributed by atoms with Crippen LogP contribution in [0.1, 0.15) is 48.0 Å². The van der Waals surface area contributed by atoms with Crippen molar-refractivity contribution in [3.8, 4) is 0 Å². The van der Waals surface area contributed by atoms with Crippen LogP contribution in [0.25, 0.3) is 0 Å². The summed E-state index contributed by atoms with van der Waals surface area (Å²) < 4.78 is 5.36. The molecule has 2 fully saturated rings. The van der Waals surface area contributed by atoms with Gasteiger partial charge in [-0.3, -0.25) is 9.69 Å². The molecule has 130 valence electrons. The first-order valence-electron chi connectivity index (χ1n) is 8.89. The predicted octanol–water partition coefficient (Wildman–Crippen LogP) is 2.15. The number of ether oxygens (including phenoxy) is 1. The molecule has 1 aliphatic carbocycles. The van der Waals surface area contributed by atoms with Crippen molar-refractivity contribution in [3.05, 3.63) is 35.4 Å². The first-order valence-corrected chi connectivity index (χ1v) is 8.89. The van der Waals surface area contributed by atoms with Crippen LogP contribution in [0.5, 0.6) is 0 Å². The fourth-order valence-corrected chi connectivity index (χ4v) is 3.53. The van der Waals surface area contributed by atoms with Gasteiger partial charge in [0, 0.05) is 25.2 Å². The number of nitrogens with zero attached hydrogens (tertiary/aromatic N) is 1. The summed E-state index contributed by atoms with van der Waals surface area (Å²) in [5.41, 5.74) is 1.14. The van der Waals surface area contributed by atoms with Crippen LogP contribution in [0, 0.1) is 0 Å². The summed E-state index contributed by atoms with van der Waals surface area (Å²) in [5.74, 6) is -0.151. The van der Waals surface area contributed by atoms with E-state index in [1.807, 2.05) is 24.3 Å². The molecule has 1 saturated carbocycles. The Hall–Kier alpha value is -1.72. The quantitative estimate of drug-likeness (QED) is 0.841. The Morgan fingerprint density at radius 1 is 1.12 bits per heavy atom. The normalized spacial score (nSPS) is 21.2. The molecule has 1 amide bonds. The highest BCUT2D eigenvalue weighted by Gasteiger charge is 2.33. The third-order valence-corrected chi connectivity index (χ3v) is 5.06. The molecule has 1 heterocycles. The molecular weight excluding hydrogens is 304 g/mol. The summed E-state index contributed by atoms with van der Waals surface area (Å²) in [6, 6.07) is 7.70. The fraction of sp³-hybridized carbons (Fsp3) is 0.579. The monoisotopic (exact) mass is 330 g/mol. The first-order chi connectivity index (χ1) is 11.7. The first kappa shape index (κ1) is 17.1. The van der Waals surface area contributed by atoms with Gasteiger partial charge >= 0.3 is 0 Å². The lowest BCUT2D eigenvalue weighted by Crippen LogP contribution is -2.51. The molecular formula is C19H26N2O3. The van der Waals surface area contributed by atoms with Crippen LogP contribution in [0.2, 0.25) is 0 Å². The van der Waals surface area contributed by atoms with Crippen molar-refractivity contribution in [3.63, 3.8) is 0 Å². The number of nitrogens with one attached hydrogen (secondary N) is 1.